The fourth-order valence-electron chi connectivity index (χ4n) is 5.86. The molecule has 2 aliphatic rings. The van der Waals surface area contributed by atoms with Crippen LogP contribution in [0, 0.1) is 5.82 Å². The van der Waals surface area contributed by atoms with Crippen molar-refractivity contribution in [2.24, 2.45) is 0 Å². The van der Waals surface area contributed by atoms with E-state index in [1.807, 2.05) is 32.0 Å². The van der Waals surface area contributed by atoms with Crippen LogP contribution in [0.4, 0.5) is 10.1 Å². The Kier molecular flexibility index (Phi) is 5.75. The molecule has 6 nitrogen and oxygen atoms in total. The van der Waals surface area contributed by atoms with Crippen molar-refractivity contribution in [3.63, 3.8) is 0 Å². The number of anilines is 1. The number of nitrogens with zero attached hydrogens (tertiary/aromatic N) is 2. The van der Waals surface area contributed by atoms with Crippen LogP contribution in [0.2, 0.25) is 0 Å². The molecule has 3 aromatic carbocycles. The minimum Gasteiger partial charge on any atom is -0.369 e. The summed E-state index contributed by atoms with van der Waals surface area (Å²) in [6.07, 6.45) is 2.55. The van der Waals surface area contributed by atoms with Crippen molar-refractivity contribution in [1.29, 1.82) is 0 Å². The number of rotatable bonds is 4. The summed E-state index contributed by atoms with van der Waals surface area (Å²) >= 11 is 0. The molecule has 1 atom stereocenters. The van der Waals surface area contributed by atoms with Crippen LogP contribution in [0.25, 0.3) is 21.8 Å². The van der Waals surface area contributed by atoms with Gasteiger partial charge >= 0.3 is 0 Å². The minimum absolute atomic E-state index is 0.0995. The average molecular weight is 499 g/mol. The molecule has 0 radical (unpaired) electrons. The third-order valence-electron chi connectivity index (χ3n) is 8.00. The number of carbonyl (C=O) groups excluding carboxylic acids is 1. The summed E-state index contributed by atoms with van der Waals surface area (Å²) in [7, 11) is 0. The number of carbonyl (C=O) groups is 1. The lowest BCUT2D eigenvalue weighted by atomic mass is 9.93. The first kappa shape index (κ1) is 23.7. The molecule has 7 heteroatoms. The number of hydrogen-bond donors (Lipinski definition) is 2. The second-order valence-corrected chi connectivity index (χ2v) is 10.8. The lowest BCUT2D eigenvalue weighted by Gasteiger charge is -2.39. The van der Waals surface area contributed by atoms with E-state index >= 15 is 4.39 Å². The third kappa shape index (κ3) is 4.27. The number of hydrogen-bond acceptors (Lipinski definition) is 4. The normalized spacial score (nSPS) is 18.4. The Balaban J connectivity index is 1.23. The summed E-state index contributed by atoms with van der Waals surface area (Å²) in [6, 6.07) is 18.6. The molecular weight excluding hydrogens is 467 g/mol. The Bertz CT molecular complexity index is 1560. The Morgan fingerprint density at radius 1 is 1.00 bits per heavy atom. The molecular formula is C30H31FN4O2. The van der Waals surface area contributed by atoms with Gasteiger partial charge in [0.1, 0.15) is 5.82 Å². The molecule has 1 unspecified atom stereocenters. The molecule has 4 aromatic rings. The van der Waals surface area contributed by atoms with Gasteiger partial charge in [0.25, 0.3) is 5.91 Å². The summed E-state index contributed by atoms with van der Waals surface area (Å²) in [5.41, 5.74) is 2.12. The largest absolute Gasteiger partial charge is 0.369 e. The topological polar surface area (TPSA) is 68.4 Å². The van der Waals surface area contributed by atoms with Gasteiger partial charge in [-0.1, -0.05) is 24.3 Å². The zero-order valence-corrected chi connectivity index (χ0v) is 21.2. The number of benzene rings is 3. The van der Waals surface area contributed by atoms with Crippen LogP contribution >= 0.6 is 0 Å². The molecule has 0 spiro atoms. The average Bonchev–Trinajstić information content (AvgIpc) is 3.37. The van der Waals surface area contributed by atoms with Gasteiger partial charge in [0, 0.05) is 47.7 Å². The number of H-pyrrole nitrogens is 1. The number of halogens is 1. The van der Waals surface area contributed by atoms with Crippen molar-refractivity contribution in [2.45, 2.75) is 38.3 Å². The predicted octanol–water partition coefficient (Wildman–Crippen LogP) is 4.77. The van der Waals surface area contributed by atoms with E-state index in [0.29, 0.717) is 22.5 Å². The molecule has 2 aliphatic heterocycles. The highest BCUT2D eigenvalue weighted by Crippen LogP contribution is 2.28. The molecule has 2 N–H and O–H groups in total. The number of nitrogens with one attached hydrogen (secondary N) is 2. The van der Waals surface area contributed by atoms with Gasteiger partial charge in [-0.2, -0.15) is 0 Å². The highest BCUT2D eigenvalue weighted by molar-refractivity contribution is 6.00. The molecule has 2 saturated heterocycles. The highest BCUT2D eigenvalue weighted by Gasteiger charge is 2.31. The number of fused-ring (bicyclic) bond motifs is 3. The van der Waals surface area contributed by atoms with E-state index in [4.69, 9.17) is 0 Å². The number of aromatic nitrogens is 1. The number of aromatic amines is 1. The molecule has 37 heavy (non-hydrogen) atoms. The third-order valence-corrected chi connectivity index (χ3v) is 8.00. The fourth-order valence-corrected chi connectivity index (χ4v) is 5.86. The summed E-state index contributed by atoms with van der Waals surface area (Å²) in [6.45, 7) is 8.21. The van der Waals surface area contributed by atoms with Crippen LogP contribution in [0.1, 0.15) is 42.6 Å². The van der Waals surface area contributed by atoms with Gasteiger partial charge in [-0.3, -0.25) is 14.5 Å². The Morgan fingerprint density at radius 2 is 1.78 bits per heavy atom. The van der Waals surface area contributed by atoms with E-state index in [-0.39, 0.29) is 16.4 Å². The van der Waals surface area contributed by atoms with Crippen LogP contribution in [0.3, 0.4) is 0 Å². The summed E-state index contributed by atoms with van der Waals surface area (Å²) in [5, 5.41) is 3.69. The lowest BCUT2D eigenvalue weighted by Crippen LogP contribution is -2.50. The first-order valence-corrected chi connectivity index (χ1v) is 13.0. The monoisotopic (exact) mass is 498 g/mol. The fraction of sp³-hybridized carbons (Fsp3) is 0.333. The van der Waals surface area contributed by atoms with Crippen LogP contribution in [0.5, 0.6) is 0 Å². The maximum absolute atomic E-state index is 15.1. The van der Waals surface area contributed by atoms with Crippen molar-refractivity contribution in [3.05, 3.63) is 87.8 Å². The molecule has 0 saturated carbocycles. The number of amides is 1. The van der Waals surface area contributed by atoms with Gasteiger partial charge < -0.3 is 15.2 Å². The van der Waals surface area contributed by atoms with Crippen LogP contribution in [-0.2, 0) is 5.54 Å². The van der Waals surface area contributed by atoms with Crippen molar-refractivity contribution in [3.8, 4) is 0 Å². The quantitative estimate of drug-likeness (QED) is 0.398. The number of piperazine rings is 1. The van der Waals surface area contributed by atoms with E-state index < -0.39 is 17.3 Å². The summed E-state index contributed by atoms with van der Waals surface area (Å²) in [5.74, 6) is -1.25. The maximum Gasteiger partial charge on any atom is 0.255 e. The molecule has 1 amide bonds. The second-order valence-electron chi connectivity index (χ2n) is 10.8. The van der Waals surface area contributed by atoms with Gasteiger partial charge in [-0.25, -0.2) is 4.39 Å². The lowest BCUT2D eigenvalue weighted by molar-refractivity contribution is 0.0908. The second kappa shape index (κ2) is 8.99. The van der Waals surface area contributed by atoms with Gasteiger partial charge in [0.2, 0.25) is 0 Å². The molecule has 3 heterocycles. The Morgan fingerprint density at radius 3 is 2.59 bits per heavy atom. The van der Waals surface area contributed by atoms with Crippen LogP contribution in [-0.4, -0.2) is 48.0 Å². The van der Waals surface area contributed by atoms with Gasteiger partial charge in [-0.15, -0.1) is 0 Å². The molecule has 190 valence electrons. The molecule has 6 rings (SSSR count). The number of para-hydroxylation sites is 1. The van der Waals surface area contributed by atoms with Gasteiger partial charge in [-0.05, 0) is 75.2 Å². The van der Waals surface area contributed by atoms with Gasteiger partial charge in [0.15, 0.2) is 5.43 Å². The molecule has 2 fully saturated rings. The highest BCUT2D eigenvalue weighted by atomic mass is 19.1. The van der Waals surface area contributed by atoms with Crippen LogP contribution in [0.15, 0.2) is 65.5 Å². The number of pyridine rings is 1. The Labute approximate surface area is 215 Å². The minimum atomic E-state index is -0.724. The zero-order valence-electron chi connectivity index (χ0n) is 21.2. The Hall–Kier alpha value is -3.71. The van der Waals surface area contributed by atoms with Crippen molar-refractivity contribution in [1.82, 2.24) is 15.2 Å². The molecule has 1 aromatic heterocycles. The predicted molar refractivity (Wildman–Crippen MR) is 146 cm³/mol. The molecule has 0 bridgehead atoms. The first-order valence-electron chi connectivity index (χ1n) is 13.0. The van der Waals surface area contributed by atoms with Crippen molar-refractivity contribution < 1.29 is 9.18 Å². The maximum atomic E-state index is 15.1. The van der Waals surface area contributed by atoms with Crippen molar-refractivity contribution >= 4 is 33.4 Å². The van der Waals surface area contributed by atoms with E-state index in [2.05, 4.69) is 32.2 Å². The van der Waals surface area contributed by atoms with Crippen LogP contribution < -0.4 is 15.6 Å². The standard InChI is InChI=1S/C30H31FN4O2/c1-30(2,19-9-11-20(12-10-19)35-15-14-34-13-5-6-21(34)18-35)33-29(37)23-17-27-24(16-25(23)31)28(36)22-7-3-4-8-26(22)32-27/h3-4,7-12,16-17,21H,5-6,13-15,18H2,1-2H3,(H,32,36)(H,33,37). The SMILES string of the molecule is CC(C)(NC(=O)c1cc2[nH]c3ccccc3c(=O)c2cc1F)c1ccc(N2CCN3CCCC3C2)cc1. The van der Waals surface area contributed by atoms with E-state index in [9.17, 15) is 9.59 Å². The van der Waals surface area contributed by atoms with E-state index in [0.717, 1.165) is 31.3 Å². The van der Waals surface area contributed by atoms with Gasteiger partial charge in [0.05, 0.1) is 16.6 Å². The van der Waals surface area contributed by atoms with E-state index in [1.165, 1.54) is 31.1 Å². The summed E-state index contributed by atoms with van der Waals surface area (Å²) in [4.78, 5) is 34.2. The smallest absolute Gasteiger partial charge is 0.255 e. The summed E-state index contributed by atoms with van der Waals surface area (Å²) < 4.78 is 15.1. The first-order chi connectivity index (χ1) is 17.8. The molecule has 0 aliphatic carbocycles. The zero-order chi connectivity index (χ0) is 25.7. The van der Waals surface area contributed by atoms with Crippen molar-refractivity contribution in [2.75, 3.05) is 31.1 Å². The van der Waals surface area contributed by atoms with E-state index in [1.54, 1.807) is 18.2 Å².